The van der Waals surface area contributed by atoms with Gasteiger partial charge in [-0.1, -0.05) is 23.8 Å². The zero-order valence-electron chi connectivity index (χ0n) is 18.9. The molecule has 0 spiro atoms. The van der Waals surface area contributed by atoms with Crippen molar-refractivity contribution in [2.24, 2.45) is 0 Å². The molecule has 2 aliphatic rings. The maximum atomic E-state index is 12.3. The van der Waals surface area contributed by atoms with Gasteiger partial charge in [-0.05, 0) is 45.4 Å². The number of rotatable bonds is 8. The molecule has 0 aromatic carbocycles. The second kappa shape index (κ2) is 10.9. The predicted octanol–water partition coefficient (Wildman–Crippen LogP) is 3.28. The summed E-state index contributed by atoms with van der Waals surface area (Å²) in [4.78, 5) is 38.3. The molecule has 9 nitrogen and oxygen atoms in total. The molecule has 0 bridgehead atoms. The summed E-state index contributed by atoms with van der Waals surface area (Å²) < 4.78 is 11.1. The van der Waals surface area contributed by atoms with E-state index in [0.29, 0.717) is 35.3 Å². The fourth-order valence-corrected chi connectivity index (χ4v) is 4.26. The van der Waals surface area contributed by atoms with E-state index in [0.717, 1.165) is 5.70 Å². The van der Waals surface area contributed by atoms with Crippen LogP contribution in [-0.2, 0) is 9.47 Å². The number of carbonyl (C=O) groups excluding carboxylic acids is 3. The Morgan fingerprint density at radius 2 is 2.06 bits per heavy atom. The van der Waals surface area contributed by atoms with Gasteiger partial charge in [0.25, 0.3) is 5.91 Å². The van der Waals surface area contributed by atoms with Gasteiger partial charge in [-0.3, -0.25) is 9.69 Å². The summed E-state index contributed by atoms with van der Waals surface area (Å²) in [6, 6.07) is 3.22. The molecule has 180 valence electrons. The minimum absolute atomic E-state index is 0.111. The van der Waals surface area contributed by atoms with Crippen molar-refractivity contribution in [1.29, 1.82) is 0 Å². The Morgan fingerprint density at radius 1 is 1.27 bits per heavy atom. The number of allylic oxidation sites excluding steroid dienone is 1. The first-order chi connectivity index (χ1) is 15.6. The molecule has 1 fully saturated rings. The van der Waals surface area contributed by atoms with Crippen LogP contribution in [0.2, 0.25) is 4.34 Å². The van der Waals surface area contributed by atoms with Crippen molar-refractivity contribution >= 4 is 41.0 Å². The van der Waals surface area contributed by atoms with Crippen molar-refractivity contribution in [2.75, 3.05) is 26.2 Å². The highest BCUT2D eigenvalue weighted by Gasteiger charge is 2.35. The van der Waals surface area contributed by atoms with Gasteiger partial charge in [0.05, 0.1) is 28.3 Å². The molecule has 1 saturated heterocycles. The molecule has 1 aliphatic heterocycles. The number of amides is 3. The molecule has 1 aliphatic carbocycles. The Labute approximate surface area is 202 Å². The third-order valence-corrected chi connectivity index (χ3v) is 6.02. The second-order valence-electron chi connectivity index (χ2n) is 8.65. The van der Waals surface area contributed by atoms with Crippen molar-refractivity contribution in [3.8, 4) is 0 Å². The van der Waals surface area contributed by atoms with Crippen molar-refractivity contribution in [3.05, 3.63) is 45.3 Å². The number of nitrogens with zero attached hydrogens (tertiary/aromatic N) is 1. The lowest BCUT2D eigenvalue weighted by molar-refractivity contribution is 0.0528. The minimum atomic E-state index is -0.527. The highest BCUT2D eigenvalue weighted by Crippen LogP contribution is 2.23. The van der Waals surface area contributed by atoms with Crippen LogP contribution in [0.3, 0.4) is 0 Å². The average Bonchev–Trinajstić information content (AvgIpc) is 3.34. The van der Waals surface area contributed by atoms with Crippen LogP contribution < -0.4 is 16.0 Å². The molecule has 0 radical (unpaired) electrons. The Hall–Kier alpha value is -2.72. The normalized spacial score (nSPS) is 20.2. The van der Waals surface area contributed by atoms with E-state index < -0.39 is 23.9 Å². The first kappa shape index (κ1) is 24.9. The molecular weight excluding hydrogens is 468 g/mol. The molecule has 2 atom stereocenters. The summed E-state index contributed by atoms with van der Waals surface area (Å²) in [6.45, 7) is 7.05. The highest BCUT2D eigenvalue weighted by atomic mass is 35.5. The average molecular weight is 497 g/mol. The predicted molar refractivity (Wildman–Crippen MR) is 127 cm³/mol. The van der Waals surface area contributed by atoms with Gasteiger partial charge in [0.2, 0.25) is 0 Å². The van der Waals surface area contributed by atoms with Gasteiger partial charge in [0.1, 0.15) is 11.7 Å². The molecule has 11 heteroatoms. The summed E-state index contributed by atoms with van der Waals surface area (Å²) in [6.07, 6.45) is 5.24. The van der Waals surface area contributed by atoms with E-state index in [-0.39, 0.29) is 18.5 Å². The van der Waals surface area contributed by atoms with Gasteiger partial charge < -0.3 is 25.4 Å². The van der Waals surface area contributed by atoms with Crippen LogP contribution in [0.1, 0.15) is 36.9 Å². The first-order valence-electron chi connectivity index (χ1n) is 10.7. The smallest absolute Gasteiger partial charge is 0.410 e. The lowest BCUT2D eigenvalue weighted by Gasteiger charge is -2.25. The lowest BCUT2D eigenvalue weighted by atomic mass is 10.1. The molecule has 1 aromatic heterocycles. The molecule has 0 saturated carbocycles. The number of halogens is 1. The molecule has 2 heterocycles. The number of ether oxygens (including phenoxy) is 2. The van der Waals surface area contributed by atoms with Crippen LogP contribution in [0, 0.1) is 0 Å². The van der Waals surface area contributed by atoms with Gasteiger partial charge in [-0.2, -0.15) is 0 Å². The van der Waals surface area contributed by atoms with Gasteiger partial charge in [0, 0.05) is 18.8 Å². The van der Waals surface area contributed by atoms with E-state index in [1.54, 1.807) is 17.0 Å². The lowest BCUT2D eigenvalue weighted by Crippen LogP contribution is -2.38. The fourth-order valence-electron chi connectivity index (χ4n) is 3.31. The van der Waals surface area contributed by atoms with Crippen molar-refractivity contribution in [3.63, 3.8) is 0 Å². The van der Waals surface area contributed by atoms with Crippen LogP contribution in [-0.4, -0.2) is 66.9 Å². The molecular formula is C22H29ClN4O5S. The summed E-state index contributed by atoms with van der Waals surface area (Å²) in [7, 11) is 0. The molecule has 3 rings (SSSR count). The molecule has 1 unspecified atom stereocenters. The van der Waals surface area contributed by atoms with E-state index in [4.69, 9.17) is 21.1 Å². The zero-order valence-corrected chi connectivity index (χ0v) is 20.4. The van der Waals surface area contributed by atoms with Crippen LogP contribution in [0.15, 0.2) is 36.1 Å². The Balaban J connectivity index is 1.37. The summed E-state index contributed by atoms with van der Waals surface area (Å²) in [5.74, 6) is -0.237. The number of thiophene rings is 1. The van der Waals surface area contributed by atoms with Crippen LogP contribution >= 0.6 is 22.9 Å². The Kier molecular flexibility index (Phi) is 8.25. The maximum absolute atomic E-state index is 12.3. The first-order valence-corrected chi connectivity index (χ1v) is 11.9. The van der Waals surface area contributed by atoms with Gasteiger partial charge in [-0.15, -0.1) is 11.3 Å². The number of cyclic esters (lactones) is 1. The summed E-state index contributed by atoms with van der Waals surface area (Å²) in [5, 5.41) is 8.71. The Bertz CT molecular complexity index is 939. The number of hydrogen-bond donors (Lipinski definition) is 3. The summed E-state index contributed by atoms with van der Waals surface area (Å²) in [5.41, 5.74) is 0.393. The summed E-state index contributed by atoms with van der Waals surface area (Å²) >= 11 is 7.06. The maximum Gasteiger partial charge on any atom is 0.410 e. The van der Waals surface area contributed by atoms with Crippen molar-refractivity contribution in [1.82, 2.24) is 20.9 Å². The Morgan fingerprint density at radius 3 is 2.70 bits per heavy atom. The van der Waals surface area contributed by atoms with Crippen LogP contribution in [0.5, 0.6) is 0 Å². The molecule has 33 heavy (non-hydrogen) atoms. The quantitative estimate of drug-likeness (QED) is 0.476. The molecule has 3 amide bonds. The zero-order chi connectivity index (χ0) is 24.0. The molecule has 1 aromatic rings. The number of hydrogen-bond acceptors (Lipinski definition) is 7. The number of alkyl carbamates (subject to hydrolysis) is 1. The van der Waals surface area contributed by atoms with E-state index in [1.165, 1.54) is 11.3 Å². The standard InChI is InChI=1S/C22H29ClN4O5S/c1-22(2,3)32-20(29)25-11-10-24-14-4-6-15(7-5-14)27-13-16(31-21(27)30)12-26-19(28)17-8-9-18(23)33-17/h4-6,8-9,15-16,24H,7,10-13H2,1-3H3,(H,25,29)(H,26,28)/t15?,16-/m0/s1. The largest absolute Gasteiger partial charge is 0.444 e. The SMILES string of the molecule is CC(C)(C)OC(=O)NCCNC1=CCC(N2C[C@H](CNC(=O)c3ccc(Cl)s3)OC2=O)C=C1. The van der Waals surface area contributed by atoms with Crippen molar-refractivity contribution in [2.45, 2.75) is 44.9 Å². The third-order valence-electron chi connectivity index (χ3n) is 4.79. The van der Waals surface area contributed by atoms with Crippen molar-refractivity contribution < 1.29 is 23.9 Å². The monoisotopic (exact) mass is 496 g/mol. The van der Waals surface area contributed by atoms with Gasteiger partial charge in [-0.25, -0.2) is 9.59 Å². The van der Waals surface area contributed by atoms with E-state index in [9.17, 15) is 14.4 Å². The minimum Gasteiger partial charge on any atom is -0.444 e. The number of nitrogens with one attached hydrogen (secondary N) is 3. The fraction of sp³-hybridized carbons (Fsp3) is 0.500. The van der Waals surface area contributed by atoms with E-state index in [1.807, 2.05) is 39.0 Å². The van der Waals surface area contributed by atoms with E-state index in [2.05, 4.69) is 16.0 Å². The van der Waals surface area contributed by atoms with Crippen LogP contribution in [0.4, 0.5) is 9.59 Å². The molecule has 3 N–H and O–H groups in total. The third kappa shape index (κ3) is 7.68. The topological polar surface area (TPSA) is 109 Å². The van der Waals surface area contributed by atoms with Gasteiger partial charge >= 0.3 is 12.2 Å². The highest BCUT2D eigenvalue weighted by molar-refractivity contribution is 7.18. The van der Waals surface area contributed by atoms with E-state index >= 15 is 0 Å². The van der Waals surface area contributed by atoms with Crippen LogP contribution in [0.25, 0.3) is 0 Å². The second-order valence-corrected chi connectivity index (χ2v) is 10.4. The number of carbonyl (C=O) groups is 3. The van der Waals surface area contributed by atoms with Gasteiger partial charge in [0.15, 0.2) is 0 Å².